The number of ether oxygens (including phenoxy) is 2. The first kappa shape index (κ1) is 21.2. The van der Waals surface area contributed by atoms with Crippen LogP contribution >= 0.6 is 0 Å². The van der Waals surface area contributed by atoms with E-state index in [9.17, 15) is 14.7 Å². The topological polar surface area (TPSA) is 84.9 Å². The van der Waals surface area contributed by atoms with Gasteiger partial charge in [-0.15, -0.1) is 0 Å². The summed E-state index contributed by atoms with van der Waals surface area (Å²) < 4.78 is 11.0. The zero-order chi connectivity index (χ0) is 21.8. The first-order valence-corrected chi connectivity index (χ1v) is 9.61. The molecule has 156 valence electrons. The molecule has 0 saturated heterocycles. The van der Waals surface area contributed by atoms with Crippen molar-refractivity contribution >= 4 is 11.9 Å². The van der Waals surface area contributed by atoms with E-state index in [1.54, 1.807) is 32.0 Å². The molecule has 1 heterocycles. The standard InChI is InChI=1S/C24H25NO5/c1-14-9-11-17(12-10-14)13-30-19-8-6-5-7-18(19)22-20(23(26)27)15(2)25-16(3)21(22)24(28)29-4/h5-12,22,25H,13H2,1-4H3,(H,26,27). The van der Waals surface area contributed by atoms with Crippen molar-refractivity contribution in [1.29, 1.82) is 0 Å². The average Bonchev–Trinajstić information content (AvgIpc) is 2.72. The molecule has 0 aromatic heterocycles. The molecule has 0 fully saturated rings. The van der Waals surface area contributed by atoms with E-state index >= 15 is 0 Å². The fourth-order valence-corrected chi connectivity index (χ4v) is 3.66. The normalized spacial score (nSPS) is 16.2. The Bertz CT molecular complexity index is 1030. The van der Waals surface area contributed by atoms with E-state index in [2.05, 4.69) is 5.32 Å². The lowest BCUT2D eigenvalue weighted by molar-refractivity contribution is -0.136. The van der Waals surface area contributed by atoms with Crippen molar-refractivity contribution in [2.45, 2.75) is 33.3 Å². The van der Waals surface area contributed by atoms with Crippen LogP contribution in [-0.2, 0) is 20.9 Å². The van der Waals surface area contributed by atoms with Crippen molar-refractivity contribution in [2.24, 2.45) is 0 Å². The number of hydrogen-bond donors (Lipinski definition) is 2. The monoisotopic (exact) mass is 407 g/mol. The predicted octanol–water partition coefficient (Wildman–Crippen LogP) is 4.07. The first-order valence-electron chi connectivity index (χ1n) is 9.61. The Balaban J connectivity index is 2.06. The number of carboxylic acid groups (broad SMARTS) is 1. The van der Waals surface area contributed by atoms with Crippen LogP contribution in [0, 0.1) is 6.92 Å². The fraction of sp³-hybridized carbons (Fsp3) is 0.250. The van der Waals surface area contributed by atoms with Gasteiger partial charge in [-0.1, -0.05) is 48.0 Å². The Morgan fingerprint density at radius 1 is 0.967 bits per heavy atom. The third-order valence-electron chi connectivity index (χ3n) is 5.14. The largest absolute Gasteiger partial charge is 0.489 e. The van der Waals surface area contributed by atoms with Crippen molar-refractivity contribution < 1.29 is 24.2 Å². The Hall–Kier alpha value is -3.54. The lowest BCUT2D eigenvalue weighted by atomic mass is 9.80. The highest BCUT2D eigenvalue weighted by Gasteiger charge is 2.38. The molecule has 0 aliphatic carbocycles. The molecule has 2 N–H and O–H groups in total. The Labute approximate surface area is 175 Å². The maximum Gasteiger partial charge on any atom is 0.336 e. The summed E-state index contributed by atoms with van der Waals surface area (Å²) in [6.45, 7) is 5.76. The van der Waals surface area contributed by atoms with Gasteiger partial charge < -0.3 is 19.9 Å². The number of hydrogen-bond acceptors (Lipinski definition) is 5. The lowest BCUT2D eigenvalue weighted by Gasteiger charge is -2.30. The van der Waals surface area contributed by atoms with E-state index in [4.69, 9.17) is 9.47 Å². The highest BCUT2D eigenvalue weighted by Crippen LogP contribution is 2.42. The van der Waals surface area contributed by atoms with Crippen LogP contribution in [-0.4, -0.2) is 24.2 Å². The molecule has 0 saturated carbocycles. The van der Waals surface area contributed by atoms with Gasteiger partial charge in [-0.2, -0.15) is 0 Å². The number of rotatable bonds is 6. The fourth-order valence-electron chi connectivity index (χ4n) is 3.66. The third kappa shape index (κ3) is 4.22. The number of benzene rings is 2. The third-order valence-corrected chi connectivity index (χ3v) is 5.14. The number of methoxy groups -OCH3 is 1. The Morgan fingerprint density at radius 2 is 1.60 bits per heavy atom. The number of nitrogens with one attached hydrogen (secondary N) is 1. The summed E-state index contributed by atoms with van der Waals surface area (Å²) in [4.78, 5) is 24.7. The lowest BCUT2D eigenvalue weighted by Crippen LogP contribution is -2.31. The molecule has 1 aliphatic heterocycles. The molecule has 6 heteroatoms. The quantitative estimate of drug-likeness (QED) is 0.703. The summed E-state index contributed by atoms with van der Waals surface area (Å²) in [6, 6.07) is 15.2. The van der Waals surface area contributed by atoms with E-state index in [1.807, 2.05) is 37.3 Å². The first-order chi connectivity index (χ1) is 14.3. The number of esters is 1. The molecule has 3 rings (SSSR count). The van der Waals surface area contributed by atoms with Gasteiger partial charge in [0.25, 0.3) is 0 Å². The molecule has 0 radical (unpaired) electrons. The zero-order valence-electron chi connectivity index (χ0n) is 17.5. The molecule has 2 aromatic carbocycles. The highest BCUT2D eigenvalue weighted by atomic mass is 16.5. The number of carboxylic acids is 1. The SMILES string of the molecule is COC(=O)C1=C(C)NC(C)=C(C(=O)O)C1c1ccccc1OCc1ccc(C)cc1. The summed E-state index contributed by atoms with van der Waals surface area (Å²) >= 11 is 0. The minimum absolute atomic E-state index is 0.0902. The maximum atomic E-state index is 12.6. The van der Waals surface area contributed by atoms with Gasteiger partial charge in [0.15, 0.2) is 0 Å². The molecule has 1 aliphatic rings. The summed E-state index contributed by atoms with van der Waals surface area (Å²) in [7, 11) is 1.28. The molecule has 30 heavy (non-hydrogen) atoms. The minimum atomic E-state index is -1.10. The van der Waals surface area contributed by atoms with E-state index < -0.39 is 17.9 Å². The van der Waals surface area contributed by atoms with Crippen molar-refractivity contribution in [3.63, 3.8) is 0 Å². The van der Waals surface area contributed by atoms with Crippen molar-refractivity contribution in [3.8, 4) is 5.75 Å². The number of carbonyl (C=O) groups excluding carboxylic acids is 1. The second-order valence-corrected chi connectivity index (χ2v) is 7.24. The molecular formula is C24H25NO5. The maximum absolute atomic E-state index is 12.6. The van der Waals surface area contributed by atoms with E-state index in [-0.39, 0.29) is 11.1 Å². The van der Waals surface area contributed by atoms with Crippen LogP contribution in [0.4, 0.5) is 0 Å². The van der Waals surface area contributed by atoms with Gasteiger partial charge in [-0.25, -0.2) is 9.59 Å². The van der Waals surface area contributed by atoms with Crippen LogP contribution in [0.15, 0.2) is 71.1 Å². The van der Waals surface area contributed by atoms with Crippen LogP contribution in [0.2, 0.25) is 0 Å². The number of para-hydroxylation sites is 1. The van der Waals surface area contributed by atoms with Gasteiger partial charge >= 0.3 is 11.9 Å². The summed E-state index contributed by atoms with van der Waals surface area (Å²) in [5, 5.41) is 12.9. The van der Waals surface area contributed by atoms with E-state index in [1.165, 1.54) is 7.11 Å². The molecule has 0 spiro atoms. The smallest absolute Gasteiger partial charge is 0.336 e. The summed E-state index contributed by atoms with van der Waals surface area (Å²) in [6.07, 6.45) is 0. The number of allylic oxidation sites excluding steroid dienone is 2. The van der Waals surface area contributed by atoms with Crippen LogP contribution in [0.5, 0.6) is 5.75 Å². The van der Waals surface area contributed by atoms with E-state index in [0.717, 1.165) is 11.1 Å². The van der Waals surface area contributed by atoms with Gasteiger partial charge in [-0.05, 0) is 32.4 Å². The molecule has 6 nitrogen and oxygen atoms in total. The predicted molar refractivity (Wildman–Crippen MR) is 113 cm³/mol. The number of dihydropyridines is 1. The van der Waals surface area contributed by atoms with Crippen LogP contribution in [0.25, 0.3) is 0 Å². The van der Waals surface area contributed by atoms with Gasteiger partial charge in [-0.3, -0.25) is 0 Å². The van der Waals surface area contributed by atoms with Crippen LogP contribution in [0.1, 0.15) is 36.5 Å². The number of aryl methyl sites for hydroxylation is 1. The molecule has 0 bridgehead atoms. The summed E-state index contributed by atoms with van der Waals surface area (Å²) in [5.41, 5.74) is 4.13. The van der Waals surface area contributed by atoms with Gasteiger partial charge in [0.2, 0.25) is 0 Å². The number of carbonyl (C=O) groups is 2. The van der Waals surface area contributed by atoms with Gasteiger partial charge in [0, 0.05) is 17.0 Å². The van der Waals surface area contributed by atoms with Crippen molar-refractivity contribution in [3.05, 3.63) is 87.8 Å². The van der Waals surface area contributed by atoms with Gasteiger partial charge in [0.05, 0.1) is 24.2 Å². The Kier molecular flexibility index (Phi) is 6.26. The molecular weight excluding hydrogens is 382 g/mol. The van der Waals surface area contributed by atoms with Crippen molar-refractivity contribution in [2.75, 3.05) is 7.11 Å². The van der Waals surface area contributed by atoms with Crippen LogP contribution in [0.3, 0.4) is 0 Å². The highest BCUT2D eigenvalue weighted by molar-refractivity contribution is 5.99. The second-order valence-electron chi connectivity index (χ2n) is 7.24. The molecule has 1 atom stereocenters. The van der Waals surface area contributed by atoms with Crippen LogP contribution < -0.4 is 10.1 Å². The minimum Gasteiger partial charge on any atom is -0.489 e. The van der Waals surface area contributed by atoms with Crippen molar-refractivity contribution in [1.82, 2.24) is 5.32 Å². The summed E-state index contributed by atoms with van der Waals surface area (Å²) in [5.74, 6) is -1.98. The average molecular weight is 407 g/mol. The second kappa shape index (κ2) is 8.86. The van der Waals surface area contributed by atoms with E-state index in [0.29, 0.717) is 29.3 Å². The molecule has 1 unspecified atom stereocenters. The zero-order valence-corrected chi connectivity index (χ0v) is 17.5. The molecule has 0 amide bonds. The Morgan fingerprint density at radius 3 is 2.23 bits per heavy atom. The molecule has 2 aromatic rings. The van der Waals surface area contributed by atoms with Gasteiger partial charge in [0.1, 0.15) is 12.4 Å². The number of aliphatic carboxylic acids is 1.